The van der Waals surface area contributed by atoms with E-state index in [-0.39, 0.29) is 18.0 Å². The van der Waals surface area contributed by atoms with Crippen LogP contribution in [0.25, 0.3) is 22.3 Å². The molecule has 4 rings (SSSR count). The molecule has 10 heteroatoms. The van der Waals surface area contributed by atoms with E-state index >= 15 is 0 Å². The predicted octanol–water partition coefficient (Wildman–Crippen LogP) is 3.09. The van der Waals surface area contributed by atoms with Crippen molar-refractivity contribution in [3.05, 3.63) is 63.1 Å². The highest BCUT2D eigenvalue weighted by Gasteiger charge is 2.19. The van der Waals surface area contributed by atoms with Crippen molar-refractivity contribution in [2.75, 3.05) is 21.3 Å². The summed E-state index contributed by atoms with van der Waals surface area (Å²) in [6.07, 6.45) is 1.58. The average Bonchev–Trinajstić information content (AvgIpc) is 3.34. The minimum absolute atomic E-state index is 0.0170. The van der Waals surface area contributed by atoms with Crippen LogP contribution in [0.4, 0.5) is 0 Å². The van der Waals surface area contributed by atoms with Crippen LogP contribution in [0, 0.1) is 0 Å². The maximum Gasteiger partial charge on any atom is 0.331 e. The summed E-state index contributed by atoms with van der Waals surface area (Å²) in [6.45, 7) is 2.37. The molecule has 2 aromatic heterocycles. The second-order valence-corrected chi connectivity index (χ2v) is 7.62. The Hall–Kier alpha value is -4.08. The van der Waals surface area contributed by atoms with Crippen LogP contribution in [-0.2, 0) is 13.1 Å². The minimum atomic E-state index is -0.412. The van der Waals surface area contributed by atoms with Crippen molar-refractivity contribution in [2.45, 2.75) is 32.9 Å². The van der Waals surface area contributed by atoms with Crippen molar-refractivity contribution in [1.82, 2.24) is 19.3 Å². The van der Waals surface area contributed by atoms with E-state index in [1.54, 1.807) is 36.4 Å². The Kier molecular flexibility index (Phi) is 6.67. The van der Waals surface area contributed by atoms with Gasteiger partial charge in [-0.3, -0.25) is 13.9 Å². The first-order valence-corrected chi connectivity index (χ1v) is 10.9. The molecule has 0 aliphatic rings. The monoisotopic (exact) mass is 466 g/mol. The summed E-state index contributed by atoms with van der Waals surface area (Å²) in [5.41, 5.74) is 0.394. The molecular formula is C24H26N4O6. The van der Waals surface area contributed by atoms with Crippen LogP contribution in [0.15, 0.2) is 50.5 Å². The largest absolute Gasteiger partial charge is 0.493 e. The van der Waals surface area contributed by atoms with Crippen molar-refractivity contribution in [3.8, 4) is 28.6 Å². The van der Waals surface area contributed by atoms with Crippen molar-refractivity contribution in [3.63, 3.8) is 0 Å². The fourth-order valence-corrected chi connectivity index (χ4v) is 3.82. The number of unbranched alkanes of at least 4 members (excludes halogenated alkanes) is 1. The first kappa shape index (κ1) is 23.1. The molecule has 0 unspecified atom stereocenters. The Morgan fingerprint density at radius 1 is 0.971 bits per heavy atom. The summed E-state index contributed by atoms with van der Waals surface area (Å²) in [5.74, 6) is 1.87. The maximum absolute atomic E-state index is 13.2. The summed E-state index contributed by atoms with van der Waals surface area (Å²) < 4.78 is 24.4. The second kappa shape index (κ2) is 9.82. The summed E-state index contributed by atoms with van der Waals surface area (Å²) in [5, 5.41) is 4.53. The normalized spacial score (nSPS) is 11.1. The highest BCUT2D eigenvalue weighted by Crippen LogP contribution is 2.40. The van der Waals surface area contributed by atoms with Gasteiger partial charge in [0.15, 0.2) is 11.5 Å². The highest BCUT2D eigenvalue weighted by atomic mass is 16.5. The molecule has 0 bridgehead atoms. The van der Waals surface area contributed by atoms with Gasteiger partial charge in [0.2, 0.25) is 17.5 Å². The molecule has 34 heavy (non-hydrogen) atoms. The van der Waals surface area contributed by atoms with E-state index < -0.39 is 5.69 Å². The Bertz CT molecular complexity index is 1410. The maximum atomic E-state index is 13.2. The number of hydrogen-bond donors (Lipinski definition) is 0. The number of rotatable bonds is 9. The van der Waals surface area contributed by atoms with Gasteiger partial charge in [0.1, 0.15) is 6.54 Å². The molecule has 10 nitrogen and oxygen atoms in total. The van der Waals surface area contributed by atoms with E-state index in [1.807, 2.05) is 6.92 Å². The Morgan fingerprint density at radius 2 is 1.68 bits per heavy atom. The number of ether oxygens (including phenoxy) is 3. The zero-order valence-electron chi connectivity index (χ0n) is 19.5. The van der Waals surface area contributed by atoms with Gasteiger partial charge in [-0.05, 0) is 30.7 Å². The number of nitrogens with zero attached hydrogens (tertiary/aromatic N) is 4. The second-order valence-electron chi connectivity index (χ2n) is 7.62. The molecule has 0 spiro atoms. The van der Waals surface area contributed by atoms with Crippen LogP contribution in [0.3, 0.4) is 0 Å². The van der Waals surface area contributed by atoms with E-state index in [2.05, 4.69) is 10.1 Å². The average molecular weight is 466 g/mol. The smallest absolute Gasteiger partial charge is 0.331 e. The van der Waals surface area contributed by atoms with Gasteiger partial charge in [-0.15, -0.1) is 0 Å². The van der Waals surface area contributed by atoms with Gasteiger partial charge >= 0.3 is 5.69 Å². The summed E-state index contributed by atoms with van der Waals surface area (Å²) >= 11 is 0. The van der Waals surface area contributed by atoms with Gasteiger partial charge in [0.25, 0.3) is 5.56 Å². The van der Waals surface area contributed by atoms with Gasteiger partial charge < -0.3 is 18.7 Å². The van der Waals surface area contributed by atoms with E-state index in [1.165, 1.54) is 30.5 Å². The van der Waals surface area contributed by atoms with Crippen molar-refractivity contribution in [2.24, 2.45) is 0 Å². The van der Waals surface area contributed by atoms with Gasteiger partial charge in [0.05, 0.1) is 32.2 Å². The molecule has 0 atom stereocenters. The Morgan fingerprint density at radius 3 is 2.32 bits per heavy atom. The standard InChI is InChI=1S/C24H26N4O6/c1-5-6-11-27-23(29)16-9-7-8-10-17(16)28(24(27)30)14-20-25-22(26-34-20)15-12-18(31-2)21(33-4)19(13-15)32-3/h7-10,12-13H,5-6,11,14H2,1-4H3. The van der Waals surface area contributed by atoms with E-state index in [9.17, 15) is 9.59 Å². The lowest BCUT2D eigenvalue weighted by atomic mass is 10.1. The molecule has 0 radical (unpaired) electrons. The SMILES string of the molecule is CCCCn1c(=O)c2ccccc2n(Cc2nc(-c3cc(OC)c(OC)c(OC)c3)no2)c1=O. The molecule has 0 amide bonds. The van der Waals surface area contributed by atoms with E-state index in [0.717, 1.165) is 12.8 Å². The third-order valence-electron chi connectivity index (χ3n) is 5.55. The lowest BCUT2D eigenvalue weighted by molar-refractivity contribution is 0.324. The zero-order valence-corrected chi connectivity index (χ0v) is 19.5. The quantitative estimate of drug-likeness (QED) is 0.370. The number of para-hydroxylation sites is 1. The molecule has 2 heterocycles. The van der Waals surface area contributed by atoms with E-state index in [0.29, 0.717) is 46.1 Å². The highest BCUT2D eigenvalue weighted by molar-refractivity contribution is 5.77. The number of aromatic nitrogens is 4. The van der Waals surface area contributed by atoms with Crippen LogP contribution in [-0.4, -0.2) is 40.6 Å². The fourth-order valence-electron chi connectivity index (χ4n) is 3.82. The zero-order chi connectivity index (χ0) is 24.2. The third kappa shape index (κ3) is 4.14. The molecule has 0 saturated heterocycles. The van der Waals surface area contributed by atoms with Crippen LogP contribution < -0.4 is 25.5 Å². The minimum Gasteiger partial charge on any atom is -0.493 e. The third-order valence-corrected chi connectivity index (χ3v) is 5.55. The van der Waals surface area contributed by atoms with Gasteiger partial charge in [0, 0.05) is 12.1 Å². The lowest BCUT2D eigenvalue weighted by Gasteiger charge is -2.13. The Labute approximate surface area is 195 Å². The van der Waals surface area contributed by atoms with Crippen molar-refractivity contribution < 1.29 is 18.7 Å². The number of fused-ring (bicyclic) bond motifs is 1. The van der Waals surface area contributed by atoms with Gasteiger partial charge in [-0.25, -0.2) is 4.79 Å². The molecule has 0 N–H and O–H groups in total. The summed E-state index contributed by atoms with van der Waals surface area (Å²) in [4.78, 5) is 30.6. The lowest BCUT2D eigenvalue weighted by Crippen LogP contribution is -2.40. The molecule has 2 aromatic carbocycles. The molecule has 178 valence electrons. The predicted molar refractivity (Wildman–Crippen MR) is 126 cm³/mol. The number of hydrogen-bond acceptors (Lipinski definition) is 8. The summed E-state index contributed by atoms with van der Waals surface area (Å²) in [6, 6.07) is 10.4. The van der Waals surface area contributed by atoms with E-state index in [4.69, 9.17) is 18.7 Å². The molecular weight excluding hydrogens is 440 g/mol. The topological polar surface area (TPSA) is 111 Å². The van der Waals surface area contributed by atoms with Crippen molar-refractivity contribution in [1.29, 1.82) is 0 Å². The first-order valence-electron chi connectivity index (χ1n) is 10.9. The van der Waals surface area contributed by atoms with Gasteiger partial charge in [-0.1, -0.05) is 30.6 Å². The molecule has 0 saturated carbocycles. The number of methoxy groups -OCH3 is 3. The van der Waals surface area contributed by atoms with Crippen LogP contribution in [0.1, 0.15) is 25.7 Å². The van der Waals surface area contributed by atoms with Crippen LogP contribution >= 0.6 is 0 Å². The first-order chi connectivity index (χ1) is 16.5. The summed E-state index contributed by atoms with van der Waals surface area (Å²) in [7, 11) is 4.57. The Balaban J connectivity index is 1.77. The molecule has 0 aliphatic carbocycles. The van der Waals surface area contributed by atoms with Crippen LogP contribution in [0.2, 0.25) is 0 Å². The molecule has 0 fully saturated rings. The molecule has 0 aliphatic heterocycles. The van der Waals surface area contributed by atoms with Gasteiger partial charge in [-0.2, -0.15) is 4.98 Å². The van der Waals surface area contributed by atoms with Crippen molar-refractivity contribution >= 4 is 10.9 Å². The number of benzene rings is 2. The fraction of sp³-hybridized carbons (Fsp3) is 0.333. The van der Waals surface area contributed by atoms with Crippen LogP contribution in [0.5, 0.6) is 17.2 Å². The molecule has 4 aromatic rings.